The van der Waals surface area contributed by atoms with Crippen molar-refractivity contribution >= 4 is 27.8 Å². The van der Waals surface area contributed by atoms with Gasteiger partial charge in [0.15, 0.2) is 0 Å². The standard InChI is InChI=1S/C9H12N4S2/c1-6(2)8-12-7(4-14-8)3-10-9-13-11-5-15-9/h4-6H,3H2,1-2H3,(H,10,13). The molecule has 0 radical (unpaired) electrons. The summed E-state index contributed by atoms with van der Waals surface area (Å²) in [5, 5.41) is 15.0. The van der Waals surface area contributed by atoms with Crippen molar-refractivity contribution < 1.29 is 0 Å². The van der Waals surface area contributed by atoms with Gasteiger partial charge >= 0.3 is 0 Å². The maximum absolute atomic E-state index is 4.52. The molecule has 0 aliphatic carbocycles. The average molecular weight is 240 g/mol. The number of anilines is 1. The lowest BCUT2D eigenvalue weighted by Crippen LogP contribution is -1.99. The Hall–Kier alpha value is -1.01. The average Bonchev–Trinajstić information content (AvgIpc) is 2.86. The van der Waals surface area contributed by atoms with Gasteiger partial charge in [-0.1, -0.05) is 25.2 Å². The van der Waals surface area contributed by atoms with E-state index in [1.165, 1.54) is 16.3 Å². The molecule has 0 atom stereocenters. The predicted octanol–water partition coefficient (Wildman–Crippen LogP) is 2.73. The molecule has 0 aromatic carbocycles. The molecule has 80 valence electrons. The van der Waals surface area contributed by atoms with Crippen LogP contribution >= 0.6 is 22.7 Å². The number of hydrogen-bond acceptors (Lipinski definition) is 6. The van der Waals surface area contributed by atoms with Crippen LogP contribution in [-0.2, 0) is 6.54 Å². The van der Waals surface area contributed by atoms with E-state index in [2.05, 4.69) is 39.7 Å². The third-order valence-electron chi connectivity index (χ3n) is 1.84. The maximum atomic E-state index is 4.52. The van der Waals surface area contributed by atoms with Crippen LogP contribution in [0.25, 0.3) is 0 Å². The highest BCUT2D eigenvalue weighted by Crippen LogP contribution is 2.19. The van der Waals surface area contributed by atoms with Gasteiger partial charge in [0.1, 0.15) is 5.51 Å². The Balaban J connectivity index is 1.94. The van der Waals surface area contributed by atoms with Gasteiger partial charge in [0.05, 0.1) is 17.2 Å². The van der Waals surface area contributed by atoms with Crippen molar-refractivity contribution in [1.29, 1.82) is 0 Å². The first kappa shape index (κ1) is 10.5. The number of thiazole rings is 1. The van der Waals surface area contributed by atoms with E-state index in [0.717, 1.165) is 17.4 Å². The van der Waals surface area contributed by atoms with Crippen LogP contribution in [0.5, 0.6) is 0 Å². The Morgan fingerprint density at radius 2 is 2.27 bits per heavy atom. The van der Waals surface area contributed by atoms with Crippen molar-refractivity contribution in [3.8, 4) is 0 Å². The topological polar surface area (TPSA) is 50.7 Å². The molecule has 15 heavy (non-hydrogen) atoms. The highest BCUT2D eigenvalue weighted by Gasteiger charge is 2.05. The Labute approximate surface area is 96.4 Å². The minimum Gasteiger partial charge on any atom is -0.354 e. The fourth-order valence-electron chi connectivity index (χ4n) is 1.09. The van der Waals surface area contributed by atoms with Gasteiger partial charge in [-0.25, -0.2) is 4.98 Å². The summed E-state index contributed by atoms with van der Waals surface area (Å²) in [6, 6.07) is 0. The summed E-state index contributed by atoms with van der Waals surface area (Å²) in [6.07, 6.45) is 0. The molecule has 2 rings (SSSR count). The van der Waals surface area contributed by atoms with E-state index in [4.69, 9.17) is 0 Å². The van der Waals surface area contributed by atoms with E-state index in [9.17, 15) is 0 Å². The van der Waals surface area contributed by atoms with Gasteiger partial charge in [0, 0.05) is 11.3 Å². The lowest BCUT2D eigenvalue weighted by molar-refractivity contribution is 0.840. The summed E-state index contributed by atoms with van der Waals surface area (Å²) in [6.45, 7) is 5.03. The first-order valence-corrected chi connectivity index (χ1v) is 6.46. The molecule has 0 saturated heterocycles. The predicted molar refractivity (Wildman–Crippen MR) is 63.4 cm³/mol. The second-order valence-electron chi connectivity index (χ2n) is 3.43. The van der Waals surface area contributed by atoms with Crippen molar-refractivity contribution in [1.82, 2.24) is 15.2 Å². The molecule has 4 nitrogen and oxygen atoms in total. The Bertz CT molecular complexity index is 407. The molecule has 2 aromatic heterocycles. The fourth-order valence-corrected chi connectivity index (χ4v) is 2.36. The first-order valence-electron chi connectivity index (χ1n) is 4.70. The minimum atomic E-state index is 0.505. The van der Waals surface area contributed by atoms with Crippen molar-refractivity contribution in [3.63, 3.8) is 0 Å². The third kappa shape index (κ3) is 2.73. The molecule has 0 saturated carbocycles. The molecule has 6 heteroatoms. The summed E-state index contributed by atoms with van der Waals surface area (Å²) in [5.74, 6) is 0.505. The number of rotatable bonds is 4. The normalized spacial score (nSPS) is 10.9. The van der Waals surface area contributed by atoms with Gasteiger partial charge in [-0.2, -0.15) is 0 Å². The van der Waals surface area contributed by atoms with E-state index >= 15 is 0 Å². The number of nitrogens with zero attached hydrogens (tertiary/aromatic N) is 3. The Morgan fingerprint density at radius 3 is 2.87 bits per heavy atom. The smallest absolute Gasteiger partial charge is 0.205 e. The quantitative estimate of drug-likeness (QED) is 0.892. The summed E-state index contributed by atoms with van der Waals surface area (Å²) in [5.41, 5.74) is 2.78. The maximum Gasteiger partial charge on any atom is 0.205 e. The molecule has 2 aromatic rings. The van der Waals surface area contributed by atoms with Gasteiger partial charge in [-0.3, -0.25) is 0 Å². The Kier molecular flexibility index (Phi) is 3.27. The zero-order chi connectivity index (χ0) is 10.7. The lowest BCUT2D eigenvalue weighted by atomic mass is 10.2. The van der Waals surface area contributed by atoms with Gasteiger partial charge in [0.25, 0.3) is 0 Å². The van der Waals surface area contributed by atoms with Crippen LogP contribution < -0.4 is 5.32 Å². The highest BCUT2D eigenvalue weighted by atomic mass is 32.1. The number of hydrogen-bond donors (Lipinski definition) is 1. The minimum absolute atomic E-state index is 0.505. The monoisotopic (exact) mass is 240 g/mol. The molecule has 0 fully saturated rings. The fraction of sp³-hybridized carbons (Fsp3) is 0.444. The molecular formula is C9H12N4S2. The van der Waals surface area contributed by atoms with E-state index in [0.29, 0.717) is 5.92 Å². The van der Waals surface area contributed by atoms with Crippen molar-refractivity contribution in [3.05, 3.63) is 21.6 Å². The van der Waals surface area contributed by atoms with Crippen LogP contribution in [0.1, 0.15) is 30.5 Å². The lowest BCUT2D eigenvalue weighted by Gasteiger charge is -1.98. The van der Waals surface area contributed by atoms with E-state index < -0.39 is 0 Å². The molecule has 1 N–H and O–H groups in total. The van der Waals surface area contributed by atoms with Gasteiger partial charge in [-0.05, 0) is 0 Å². The summed E-state index contributed by atoms with van der Waals surface area (Å²) in [4.78, 5) is 4.52. The largest absolute Gasteiger partial charge is 0.354 e. The second-order valence-corrected chi connectivity index (χ2v) is 5.15. The zero-order valence-corrected chi connectivity index (χ0v) is 10.2. The van der Waals surface area contributed by atoms with Crippen LogP contribution in [0.15, 0.2) is 10.9 Å². The van der Waals surface area contributed by atoms with Crippen LogP contribution in [0.4, 0.5) is 5.13 Å². The summed E-state index contributed by atoms with van der Waals surface area (Å²) in [7, 11) is 0. The Morgan fingerprint density at radius 1 is 1.40 bits per heavy atom. The molecule has 0 aliphatic rings. The van der Waals surface area contributed by atoms with Crippen molar-refractivity contribution in [2.75, 3.05) is 5.32 Å². The SMILES string of the molecule is CC(C)c1nc(CNc2nncs2)cs1. The first-order chi connectivity index (χ1) is 7.25. The van der Waals surface area contributed by atoms with E-state index in [-0.39, 0.29) is 0 Å². The molecule has 0 amide bonds. The van der Waals surface area contributed by atoms with Crippen LogP contribution in [-0.4, -0.2) is 15.2 Å². The van der Waals surface area contributed by atoms with E-state index in [1.807, 2.05) is 0 Å². The van der Waals surface area contributed by atoms with E-state index in [1.54, 1.807) is 16.8 Å². The molecule has 2 heterocycles. The van der Waals surface area contributed by atoms with Gasteiger partial charge < -0.3 is 5.32 Å². The van der Waals surface area contributed by atoms with Crippen LogP contribution in [0.2, 0.25) is 0 Å². The highest BCUT2D eigenvalue weighted by molar-refractivity contribution is 7.13. The molecular weight excluding hydrogens is 228 g/mol. The van der Waals surface area contributed by atoms with Crippen LogP contribution in [0, 0.1) is 0 Å². The van der Waals surface area contributed by atoms with Crippen molar-refractivity contribution in [2.45, 2.75) is 26.3 Å². The van der Waals surface area contributed by atoms with Gasteiger partial charge in [0.2, 0.25) is 5.13 Å². The molecule has 0 aliphatic heterocycles. The van der Waals surface area contributed by atoms with Gasteiger partial charge in [-0.15, -0.1) is 21.5 Å². The number of aromatic nitrogens is 3. The van der Waals surface area contributed by atoms with Crippen molar-refractivity contribution in [2.24, 2.45) is 0 Å². The third-order valence-corrected chi connectivity index (χ3v) is 3.69. The summed E-state index contributed by atoms with van der Waals surface area (Å²) < 4.78 is 0. The number of nitrogens with one attached hydrogen (secondary N) is 1. The second kappa shape index (κ2) is 4.67. The summed E-state index contributed by atoms with van der Waals surface area (Å²) >= 11 is 3.21. The molecule has 0 unspecified atom stereocenters. The molecule has 0 spiro atoms. The zero-order valence-electron chi connectivity index (χ0n) is 8.60. The molecule has 0 bridgehead atoms. The van der Waals surface area contributed by atoms with Crippen LogP contribution in [0.3, 0.4) is 0 Å².